The van der Waals surface area contributed by atoms with E-state index in [4.69, 9.17) is 4.98 Å². The highest BCUT2D eigenvalue weighted by Crippen LogP contribution is 2.38. The lowest BCUT2D eigenvalue weighted by atomic mass is 9.87. The van der Waals surface area contributed by atoms with Crippen LogP contribution in [0.3, 0.4) is 0 Å². The van der Waals surface area contributed by atoms with Gasteiger partial charge in [0, 0.05) is 36.8 Å². The molecule has 0 spiro atoms. The number of hydrogen-bond donors (Lipinski definition) is 1. The van der Waals surface area contributed by atoms with E-state index in [0.717, 1.165) is 12.0 Å². The van der Waals surface area contributed by atoms with Gasteiger partial charge in [0.05, 0.1) is 5.54 Å². The van der Waals surface area contributed by atoms with Gasteiger partial charge in [0.2, 0.25) is 0 Å². The van der Waals surface area contributed by atoms with E-state index in [9.17, 15) is 0 Å². The van der Waals surface area contributed by atoms with E-state index in [0.29, 0.717) is 0 Å². The molecule has 0 amide bonds. The van der Waals surface area contributed by atoms with Crippen molar-refractivity contribution in [3.63, 3.8) is 0 Å². The second kappa shape index (κ2) is 5.74. The summed E-state index contributed by atoms with van der Waals surface area (Å²) >= 11 is 1.85. The minimum absolute atomic E-state index is 0.160. The van der Waals surface area contributed by atoms with Gasteiger partial charge in [-0.15, -0.1) is 11.3 Å². The van der Waals surface area contributed by atoms with Gasteiger partial charge in [-0.3, -0.25) is 0 Å². The lowest BCUT2D eigenvalue weighted by molar-refractivity contribution is 0.121. The molecule has 0 unspecified atom stereocenters. The molecule has 3 nitrogen and oxygen atoms in total. The highest BCUT2D eigenvalue weighted by Gasteiger charge is 2.42. The summed E-state index contributed by atoms with van der Waals surface area (Å²) in [6, 6.07) is 0.746. The second-order valence-corrected chi connectivity index (χ2v) is 7.85. The fourth-order valence-electron chi connectivity index (χ4n) is 3.25. The molecule has 3 rings (SSSR count). The van der Waals surface area contributed by atoms with Crippen LogP contribution in [0.25, 0.3) is 0 Å². The number of hydrogen-bond acceptors (Lipinski definition) is 4. The minimum atomic E-state index is 0.160. The number of nitrogens with zero attached hydrogens (tertiary/aromatic N) is 2. The van der Waals surface area contributed by atoms with Crippen molar-refractivity contribution >= 4 is 11.3 Å². The first-order valence-electron chi connectivity index (χ1n) is 8.00. The van der Waals surface area contributed by atoms with Gasteiger partial charge in [-0.1, -0.05) is 13.8 Å². The third-order valence-electron chi connectivity index (χ3n) is 4.42. The third kappa shape index (κ3) is 3.23. The monoisotopic (exact) mass is 293 g/mol. The number of nitrogens with one attached hydrogen (secondary N) is 1. The first kappa shape index (κ1) is 14.5. The molecule has 1 aliphatic heterocycles. The van der Waals surface area contributed by atoms with Gasteiger partial charge >= 0.3 is 0 Å². The van der Waals surface area contributed by atoms with Crippen molar-refractivity contribution in [1.82, 2.24) is 15.2 Å². The summed E-state index contributed by atoms with van der Waals surface area (Å²) < 4.78 is 0. The van der Waals surface area contributed by atoms with Crippen LogP contribution in [0.4, 0.5) is 0 Å². The molecule has 0 radical (unpaired) electrons. The van der Waals surface area contributed by atoms with Crippen LogP contribution in [-0.2, 0) is 5.54 Å². The molecule has 0 aromatic carbocycles. The number of thiazole rings is 1. The van der Waals surface area contributed by atoms with E-state index < -0.39 is 0 Å². The van der Waals surface area contributed by atoms with Crippen LogP contribution in [-0.4, -0.2) is 35.6 Å². The fourth-order valence-corrected chi connectivity index (χ4v) is 4.27. The first-order chi connectivity index (χ1) is 9.57. The maximum atomic E-state index is 4.81. The molecular formula is C16H27N3S. The van der Waals surface area contributed by atoms with E-state index in [1.807, 2.05) is 11.3 Å². The molecule has 2 fully saturated rings. The molecule has 20 heavy (non-hydrogen) atoms. The Balaban J connectivity index is 1.72. The molecule has 2 heterocycles. The van der Waals surface area contributed by atoms with Crippen molar-refractivity contribution in [1.29, 1.82) is 0 Å². The Kier molecular flexibility index (Phi) is 4.16. The molecule has 1 aliphatic carbocycles. The zero-order chi connectivity index (χ0) is 14.2. The summed E-state index contributed by atoms with van der Waals surface area (Å²) in [5, 5.41) is 7.46. The predicted molar refractivity (Wildman–Crippen MR) is 85.2 cm³/mol. The Hall–Kier alpha value is -0.450. The summed E-state index contributed by atoms with van der Waals surface area (Å²) in [6.45, 7) is 10.4. The van der Waals surface area contributed by atoms with E-state index in [-0.39, 0.29) is 5.54 Å². The van der Waals surface area contributed by atoms with Crippen LogP contribution < -0.4 is 5.32 Å². The fraction of sp³-hybridized carbons (Fsp3) is 0.812. The zero-order valence-electron chi connectivity index (χ0n) is 13.0. The van der Waals surface area contributed by atoms with Gasteiger partial charge in [0.15, 0.2) is 0 Å². The highest BCUT2D eigenvalue weighted by atomic mass is 32.1. The number of likely N-dealkylation sites (tertiary alicyclic amines) is 1. The lowest BCUT2D eigenvalue weighted by Crippen LogP contribution is -2.52. The van der Waals surface area contributed by atoms with E-state index in [1.54, 1.807) is 0 Å². The third-order valence-corrected chi connectivity index (χ3v) is 5.58. The Morgan fingerprint density at radius 3 is 2.60 bits per heavy atom. The zero-order valence-corrected chi connectivity index (χ0v) is 13.8. The average molecular weight is 293 g/mol. The summed E-state index contributed by atoms with van der Waals surface area (Å²) in [5.41, 5.74) is 1.33. The maximum Gasteiger partial charge on any atom is 0.113 e. The molecule has 0 bridgehead atoms. The minimum Gasteiger partial charge on any atom is -0.303 e. The normalized spacial score (nSPS) is 23.4. The number of aromatic nitrogens is 1. The van der Waals surface area contributed by atoms with E-state index in [1.165, 1.54) is 56.0 Å². The van der Waals surface area contributed by atoms with Crippen LogP contribution in [0.2, 0.25) is 0 Å². The SMILES string of the molecule is Cc1csc(C2(NC3CC3)CCN(CC(C)C)CC2)n1. The highest BCUT2D eigenvalue weighted by molar-refractivity contribution is 7.09. The first-order valence-corrected chi connectivity index (χ1v) is 8.88. The standard InChI is InChI=1S/C16H27N3S/c1-12(2)10-19-8-6-16(7-9-19,18-14-4-5-14)15-17-13(3)11-20-15/h11-12,14,18H,4-10H2,1-3H3. The molecule has 1 aromatic heterocycles. The molecule has 1 aromatic rings. The van der Waals surface area contributed by atoms with Crippen molar-refractivity contribution in [3.05, 3.63) is 16.1 Å². The molecule has 1 saturated heterocycles. The molecule has 0 atom stereocenters. The van der Waals surface area contributed by atoms with Crippen molar-refractivity contribution < 1.29 is 0 Å². The Morgan fingerprint density at radius 2 is 2.10 bits per heavy atom. The smallest absolute Gasteiger partial charge is 0.113 e. The van der Waals surface area contributed by atoms with Gasteiger partial charge in [-0.2, -0.15) is 0 Å². The van der Waals surface area contributed by atoms with Crippen molar-refractivity contribution in [2.45, 2.75) is 58.0 Å². The summed E-state index contributed by atoms with van der Waals surface area (Å²) in [5.74, 6) is 0.765. The van der Waals surface area contributed by atoms with E-state index >= 15 is 0 Å². The lowest BCUT2D eigenvalue weighted by Gasteiger charge is -2.42. The van der Waals surface area contributed by atoms with Gasteiger partial charge in [-0.05, 0) is 38.5 Å². The largest absolute Gasteiger partial charge is 0.303 e. The summed E-state index contributed by atoms with van der Waals surface area (Å²) in [7, 11) is 0. The van der Waals surface area contributed by atoms with Crippen LogP contribution >= 0.6 is 11.3 Å². The van der Waals surface area contributed by atoms with Crippen molar-refractivity contribution in [3.8, 4) is 0 Å². The second-order valence-electron chi connectivity index (χ2n) is 6.99. The summed E-state index contributed by atoms with van der Waals surface area (Å²) in [4.78, 5) is 7.43. The molecule has 1 saturated carbocycles. The Labute approximate surface area is 126 Å². The van der Waals surface area contributed by atoms with Crippen LogP contribution in [0.5, 0.6) is 0 Å². The van der Waals surface area contributed by atoms with Gasteiger partial charge in [-0.25, -0.2) is 4.98 Å². The molecule has 112 valence electrons. The van der Waals surface area contributed by atoms with Crippen LogP contribution in [0, 0.1) is 12.8 Å². The van der Waals surface area contributed by atoms with Gasteiger partial charge in [0.25, 0.3) is 0 Å². The average Bonchev–Trinajstić information content (AvgIpc) is 3.10. The van der Waals surface area contributed by atoms with Crippen molar-refractivity contribution in [2.75, 3.05) is 19.6 Å². The summed E-state index contributed by atoms with van der Waals surface area (Å²) in [6.07, 6.45) is 5.12. The topological polar surface area (TPSA) is 28.2 Å². The molecule has 1 N–H and O–H groups in total. The van der Waals surface area contributed by atoms with Gasteiger partial charge < -0.3 is 10.2 Å². The van der Waals surface area contributed by atoms with Crippen molar-refractivity contribution in [2.24, 2.45) is 5.92 Å². The molecular weight excluding hydrogens is 266 g/mol. The van der Waals surface area contributed by atoms with Gasteiger partial charge in [0.1, 0.15) is 5.01 Å². The molecule has 4 heteroatoms. The Bertz CT molecular complexity index is 442. The maximum absolute atomic E-state index is 4.81. The van der Waals surface area contributed by atoms with Crippen LogP contribution in [0.1, 0.15) is 50.2 Å². The van der Waals surface area contributed by atoms with E-state index in [2.05, 4.69) is 36.4 Å². The number of piperidine rings is 1. The van der Waals surface area contributed by atoms with Crippen LogP contribution in [0.15, 0.2) is 5.38 Å². The number of rotatable bonds is 5. The predicted octanol–water partition coefficient (Wildman–Crippen LogP) is 3.15. The number of aryl methyl sites for hydroxylation is 1. The molecule has 2 aliphatic rings. The Morgan fingerprint density at radius 1 is 1.40 bits per heavy atom. The quantitative estimate of drug-likeness (QED) is 0.904.